The molecule has 0 fully saturated rings. The molecule has 0 saturated heterocycles. The fourth-order valence-corrected chi connectivity index (χ4v) is 2.01. The number of anilines is 1. The molecule has 3 N–H and O–H groups in total. The minimum absolute atomic E-state index is 0.180. The van der Waals surface area contributed by atoms with E-state index >= 15 is 0 Å². The fourth-order valence-electron chi connectivity index (χ4n) is 2.01. The minimum atomic E-state index is -0.180. The van der Waals surface area contributed by atoms with Crippen molar-refractivity contribution in [2.75, 3.05) is 12.3 Å². The molecule has 0 bridgehead atoms. The molecule has 1 aromatic rings. The Balaban J connectivity index is 2.01. The monoisotopic (exact) mass is 278 g/mol. The molecule has 0 saturated carbocycles. The zero-order valence-electron chi connectivity index (χ0n) is 12.4. The highest BCUT2D eigenvalue weighted by Gasteiger charge is 2.06. The number of nitrogens with one attached hydrogen (secondary N) is 1. The third kappa shape index (κ3) is 7.07. The Kier molecular flexibility index (Phi) is 8.35. The van der Waals surface area contributed by atoms with E-state index in [0.717, 1.165) is 6.42 Å². The summed E-state index contributed by atoms with van der Waals surface area (Å²) in [6, 6.07) is 0. The number of nitrogens with zero attached hydrogens (tertiary/aromatic N) is 2. The van der Waals surface area contributed by atoms with Gasteiger partial charge in [0.15, 0.2) is 0 Å². The van der Waals surface area contributed by atoms with E-state index in [-0.39, 0.29) is 5.91 Å². The van der Waals surface area contributed by atoms with Gasteiger partial charge >= 0.3 is 0 Å². The average Bonchev–Trinajstić information content (AvgIpc) is 2.46. The van der Waals surface area contributed by atoms with Gasteiger partial charge in [-0.25, -0.2) is 9.97 Å². The number of nitrogen functional groups attached to an aromatic ring is 1. The summed E-state index contributed by atoms with van der Waals surface area (Å²) in [4.78, 5) is 19.5. The van der Waals surface area contributed by atoms with Gasteiger partial charge in [-0.05, 0) is 6.42 Å². The molecule has 0 aromatic carbocycles. The van der Waals surface area contributed by atoms with Crippen LogP contribution in [0, 0.1) is 0 Å². The zero-order valence-corrected chi connectivity index (χ0v) is 12.4. The van der Waals surface area contributed by atoms with Crippen molar-refractivity contribution >= 4 is 11.7 Å². The summed E-state index contributed by atoms with van der Waals surface area (Å²) >= 11 is 0. The molecule has 112 valence electrons. The second-order valence-electron chi connectivity index (χ2n) is 5.06. The van der Waals surface area contributed by atoms with Crippen molar-refractivity contribution < 1.29 is 4.79 Å². The molecule has 0 atom stereocenters. The van der Waals surface area contributed by atoms with Crippen molar-refractivity contribution in [3.8, 4) is 0 Å². The van der Waals surface area contributed by atoms with Crippen LogP contribution in [0.3, 0.4) is 0 Å². The lowest BCUT2D eigenvalue weighted by atomic mass is 10.1. The topological polar surface area (TPSA) is 80.9 Å². The van der Waals surface area contributed by atoms with E-state index in [1.54, 1.807) is 0 Å². The van der Waals surface area contributed by atoms with Crippen LogP contribution in [-0.4, -0.2) is 22.4 Å². The molecule has 0 aliphatic heterocycles. The molecule has 0 unspecified atom stereocenters. The summed E-state index contributed by atoms with van der Waals surface area (Å²) in [5.74, 6) is 0.144. The first-order valence-electron chi connectivity index (χ1n) is 7.59. The molecule has 1 heterocycles. The fraction of sp³-hybridized carbons (Fsp3) is 0.667. The summed E-state index contributed by atoms with van der Waals surface area (Å²) < 4.78 is 0. The van der Waals surface area contributed by atoms with Crippen LogP contribution in [-0.2, 0) is 0 Å². The van der Waals surface area contributed by atoms with E-state index in [4.69, 9.17) is 5.73 Å². The van der Waals surface area contributed by atoms with E-state index in [1.165, 1.54) is 57.3 Å². The van der Waals surface area contributed by atoms with E-state index in [9.17, 15) is 4.79 Å². The highest BCUT2D eigenvalue weighted by Crippen LogP contribution is 2.07. The Hall–Kier alpha value is -1.65. The molecule has 5 heteroatoms. The molecule has 5 nitrogen and oxygen atoms in total. The lowest BCUT2D eigenvalue weighted by molar-refractivity contribution is 0.0947. The SMILES string of the molecule is CCCCCCCCCCNC(=O)c1cnc(N)cn1. The van der Waals surface area contributed by atoms with Gasteiger partial charge in [0, 0.05) is 6.54 Å². The van der Waals surface area contributed by atoms with Gasteiger partial charge in [-0.3, -0.25) is 4.79 Å². The predicted molar refractivity (Wildman–Crippen MR) is 81.4 cm³/mol. The molecule has 0 radical (unpaired) electrons. The van der Waals surface area contributed by atoms with Crippen LogP contribution < -0.4 is 11.1 Å². The lowest BCUT2D eigenvalue weighted by Crippen LogP contribution is -2.25. The van der Waals surface area contributed by atoms with Gasteiger partial charge in [-0.2, -0.15) is 0 Å². The highest BCUT2D eigenvalue weighted by atomic mass is 16.1. The number of aromatic nitrogens is 2. The maximum absolute atomic E-state index is 11.7. The molecule has 20 heavy (non-hydrogen) atoms. The smallest absolute Gasteiger partial charge is 0.271 e. The van der Waals surface area contributed by atoms with Crippen LogP contribution in [0.1, 0.15) is 68.8 Å². The average molecular weight is 278 g/mol. The third-order valence-corrected chi connectivity index (χ3v) is 3.22. The summed E-state index contributed by atoms with van der Waals surface area (Å²) in [5.41, 5.74) is 5.74. The summed E-state index contributed by atoms with van der Waals surface area (Å²) in [7, 11) is 0. The van der Waals surface area contributed by atoms with Gasteiger partial charge in [-0.1, -0.05) is 51.9 Å². The number of unbranched alkanes of at least 4 members (excludes halogenated alkanes) is 7. The van der Waals surface area contributed by atoms with Crippen LogP contribution in [0.15, 0.2) is 12.4 Å². The van der Waals surface area contributed by atoms with Crippen LogP contribution >= 0.6 is 0 Å². The Bertz CT molecular complexity index is 378. The van der Waals surface area contributed by atoms with Crippen molar-refractivity contribution in [2.24, 2.45) is 0 Å². The highest BCUT2D eigenvalue weighted by molar-refractivity contribution is 5.91. The number of rotatable bonds is 10. The van der Waals surface area contributed by atoms with Crippen LogP contribution in [0.5, 0.6) is 0 Å². The van der Waals surface area contributed by atoms with E-state index in [0.29, 0.717) is 18.1 Å². The number of amides is 1. The Morgan fingerprint density at radius 1 is 1.05 bits per heavy atom. The van der Waals surface area contributed by atoms with E-state index < -0.39 is 0 Å². The largest absolute Gasteiger partial charge is 0.382 e. The van der Waals surface area contributed by atoms with Gasteiger partial charge < -0.3 is 11.1 Å². The number of carbonyl (C=O) groups excluding carboxylic acids is 1. The van der Waals surface area contributed by atoms with E-state index in [2.05, 4.69) is 22.2 Å². The molecular weight excluding hydrogens is 252 g/mol. The Morgan fingerprint density at radius 2 is 1.70 bits per heavy atom. The summed E-state index contributed by atoms with van der Waals surface area (Å²) in [6.07, 6.45) is 12.9. The van der Waals surface area contributed by atoms with Crippen molar-refractivity contribution in [1.82, 2.24) is 15.3 Å². The van der Waals surface area contributed by atoms with Crippen LogP contribution in [0.4, 0.5) is 5.82 Å². The maximum Gasteiger partial charge on any atom is 0.271 e. The van der Waals surface area contributed by atoms with Gasteiger partial charge in [0.1, 0.15) is 11.5 Å². The van der Waals surface area contributed by atoms with Crippen molar-refractivity contribution in [2.45, 2.75) is 58.3 Å². The Labute approximate surface area is 121 Å². The number of carbonyl (C=O) groups is 1. The van der Waals surface area contributed by atoms with Crippen LogP contribution in [0.25, 0.3) is 0 Å². The zero-order chi connectivity index (χ0) is 14.6. The minimum Gasteiger partial charge on any atom is -0.382 e. The second-order valence-corrected chi connectivity index (χ2v) is 5.06. The van der Waals surface area contributed by atoms with Gasteiger partial charge in [-0.15, -0.1) is 0 Å². The Morgan fingerprint density at radius 3 is 2.30 bits per heavy atom. The molecule has 1 aromatic heterocycles. The summed E-state index contributed by atoms with van der Waals surface area (Å²) in [5, 5.41) is 2.85. The molecule has 1 amide bonds. The summed E-state index contributed by atoms with van der Waals surface area (Å²) in [6.45, 7) is 2.92. The van der Waals surface area contributed by atoms with Crippen molar-refractivity contribution in [3.05, 3.63) is 18.1 Å². The molecule has 1 rings (SSSR count). The van der Waals surface area contributed by atoms with E-state index in [1.807, 2.05) is 0 Å². The normalized spacial score (nSPS) is 10.4. The van der Waals surface area contributed by atoms with Crippen molar-refractivity contribution in [3.63, 3.8) is 0 Å². The maximum atomic E-state index is 11.7. The second kappa shape index (κ2) is 10.2. The van der Waals surface area contributed by atoms with Gasteiger partial charge in [0.25, 0.3) is 5.91 Å². The molecular formula is C15H26N4O. The van der Waals surface area contributed by atoms with Gasteiger partial charge in [0.05, 0.1) is 12.4 Å². The van der Waals surface area contributed by atoms with Gasteiger partial charge in [0.2, 0.25) is 0 Å². The molecule has 0 aliphatic carbocycles. The number of hydrogen-bond donors (Lipinski definition) is 2. The lowest BCUT2D eigenvalue weighted by Gasteiger charge is -2.04. The molecule has 0 aliphatic rings. The quantitative estimate of drug-likeness (QED) is 0.645. The van der Waals surface area contributed by atoms with Crippen LogP contribution in [0.2, 0.25) is 0 Å². The first kappa shape index (κ1) is 16.4. The first-order valence-corrected chi connectivity index (χ1v) is 7.59. The molecule has 0 spiro atoms. The third-order valence-electron chi connectivity index (χ3n) is 3.22. The first-order chi connectivity index (χ1) is 9.74. The van der Waals surface area contributed by atoms with Crippen molar-refractivity contribution in [1.29, 1.82) is 0 Å². The standard InChI is InChI=1S/C15H26N4O/c1-2-3-4-5-6-7-8-9-10-17-15(20)13-11-19-14(16)12-18-13/h11-12H,2-10H2,1H3,(H2,16,19)(H,17,20). The number of hydrogen-bond acceptors (Lipinski definition) is 4. The number of nitrogens with two attached hydrogens (primary N) is 1. The predicted octanol–water partition coefficient (Wildman–Crippen LogP) is 2.93.